The molecule has 0 saturated carbocycles. The van der Waals surface area contributed by atoms with Gasteiger partial charge in [-0.3, -0.25) is 15.5 Å². The molecule has 8 heteroatoms. The number of ether oxygens (including phenoxy) is 1. The molecule has 0 aliphatic heterocycles. The lowest BCUT2D eigenvalue weighted by Gasteiger charge is -2.06. The Labute approximate surface area is 139 Å². The largest absolute Gasteiger partial charge is 0.504 e. The number of halogens is 1. The molecular weight excluding hydrogens is 401 g/mol. The molecule has 0 radical (unpaired) electrons. The van der Waals surface area contributed by atoms with E-state index in [0.717, 1.165) is 3.57 Å². The van der Waals surface area contributed by atoms with Crippen molar-refractivity contribution in [2.75, 3.05) is 12.5 Å². The highest BCUT2D eigenvalue weighted by molar-refractivity contribution is 14.1. The van der Waals surface area contributed by atoms with Gasteiger partial charge in [-0.15, -0.1) is 0 Å². The molecule has 0 aliphatic carbocycles. The first-order valence-corrected chi connectivity index (χ1v) is 7.19. The average molecular weight is 413 g/mol. The number of benzene rings is 2. The predicted octanol–water partition coefficient (Wildman–Crippen LogP) is 3.36. The molecule has 0 bridgehead atoms. The molecule has 2 N–H and O–H groups in total. The molecule has 0 aromatic heterocycles. The predicted molar refractivity (Wildman–Crippen MR) is 91.7 cm³/mol. The van der Waals surface area contributed by atoms with Crippen LogP contribution in [0.2, 0.25) is 0 Å². The van der Waals surface area contributed by atoms with Crippen LogP contribution < -0.4 is 10.2 Å². The van der Waals surface area contributed by atoms with Crippen molar-refractivity contribution >= 4 is 40.2 Å². The summed E-state index contributed by atoms with van der Waals surface area (Å²) in [5, 5.41) is 24.4. The van der Waals surface area contributed by atoms with Crippen molar-refractivity contribution in [3.05, 3.63) is 55.6 Å². The highest BCUT2D eigenvalue weighted by Gasteiger charge is 2.07. The molecule has 2 aromatic carbocycles. The molecule has 114 valence electrons. The number of rotatable bonds is 5. The van der Waals surface area contributed by atoms with Gasteiger partial charge in [-0.05, 0) is 52.4 Å². The van der Waals surface area contributed by atoms with Crippen LogP contribution in [0, 0.1) is 13.7 Å². The summed E-state index contributed by atoms with van der Waals surface area (Å²) in [6, 6.07) is 9.23. The first kappa shape index (κ1) is 16.0. The van der Waals surface area contributed by atoms with Gasteiger partial charge >= 0.3 is 0 Å². The van der Waals surface area contributed by atoms with Gasteiger partial charge in [-0.25, -0.2) is 0 Å². The maximum Gasteiger partial charge on any atom is 0.269 e. The molecule has 22 heavy (non-hydrogen) atoms. The lowest BCUT2D eigenvalue weighted by atomic mass is 10.2. The fourth-order valence-electron chi connectivity index (χ4n) is 1.71. The van der Waals surface area contributed by atoms with Gasteiger partial charge in [-0.1, -0.05) is 0 Å². The van der Waals surface area contributed by atoms with Gasteiger partial charge in [0.25, 0.3) is 5.69 Å². The van der Waals surface area contributed by atoms with E-state index in [2.05, 4.69) is 33.1 Å². The van der Waals surface area contributed by atoms with Gasteiger partial charge in [0.1, 0.15) is 0 Å². The van der Waals surface area contributed by atoms with Crippen LogP contribution in [-0.4, -0.2) is 23.4 Å². The first-order chi connectivity index (χ1) is 10.5. The molecule has 0 saturated heterocycles. The number of nitro benzene ring substituents is 1. The molecule has 0 spiro atoms. The molecule has 7 nitrogen and oxygen atoms in total. The normalized spacial score (nSPS) is 10.6. The number of hydrazone groups is 1. The molecule has 2 aromatic rings. The molecular formula is C14H12IN3O4. The van der Waals surface area contributed by atoms with E-state index >= 15 is 0 Å². The van der Waals surface area contributed by atoms with E-state index in [1.165, 1.54) is 31.5 Å². The lowest BCUT2D eigenvalue weighted by Crippen LogP contribution is -1.94. The Morgan fingerprint density at radius 2 is 2.05 bits per heavy atom. The van der Waals surface area contributed by atoms with Gasteiger partial charge in [0.15, 0.2) is 11.5 Å². The first-order valence-electron chi connectivity index (χ1n) is 6.11. The van der Waals surface area contributed by atoms with Crippen molar-refractivity contribution in [3.8, 4) is 11.5 Å². The molecule has 0 heterocycles. The average Bonchev–Trinajstić information content (AvgIpc) is 2.47. The van der Waals surface area contributed by atoms with Gasteiger partial charge in [0.2, 0.25) is 0 Å². The van der Waals surface area contributed by atoms with E-state index in [9.17, 15) is 15.2 Å². The number of aromatic hydroxyl groups is 1. The second kappa shape index (κ2) is 7.07. The van der Waals surface area contributed by atoms with Crippen LogP contribution in [0.15, 0.2) is 41.5 Å². The molecule has 0 amide bonds. The van der Waals surface area contributed by atoms with Crippen LogP contribution in [0.5, 0.6) is 11.5 Å². The quantitative estimate of drug-likeness (QED) is 0.339. The zero-order valence-corrected chi connectivity index (χ0v) is 13.6. The van der Waals surface area contributed by atoms with Crippen LogP contribution in [0.3, 0.4) is 0 Å². The summed E-state index contributed by atoms with van der Waals surface area (Å²) < 4.78 is 5.82. The second-order valence-corrected chi connectivity index (χ2v) is 5.39. The van der Waals surface area contributed by atoms with Crippen molar-refractivity contribution in [3.63, 3.8) is 0 Å². The minimum atomic E-state index is -0.463. The Kier molecular flexibility index (Phi) is 5.15. The minimum absolute atomic E-state index is 0.0177. The SMILES string of the molecule is COc1c(O)cc(/C=N/Nc2ccc([N+](=O)[O-])cc2)cc1I. The Hall–Kier alpha value is -2.36. The number of nitrogens with zero attached hydrogens (tertiary/aromatic N) is 2. The molecule has 0 aliphatic rings. The number of non-ortho nitro benzene ring substituents is 1. The van der Waals surface area contributed by atoms with Crippen LogP contribution in [0.25, 0.3) is 0 Å². The Morgan fingerprint density at radius 1 is 1.36 bits per heavy atom. The van der Waals surface area contributed by atoms with Gasteiger partial charge in [-0.2, -0.15) is 5.10 Å². The lowest BCUT2D eigenvalue weighted by molar-refractivity contribution is -0.384. The third kappa shape index (κ3) is 3.85. The van der Waals surface area contributed by atoms with Crippen molar-refractivity contribution in [2.45, 2.75) is 0 Å². The van der Waals surface area contributed by atoms with Crippen molar-refractivity contribution < 1.29 is 14.8 Å². The summed E-state index contributed by atoms with van der Waals surface area (Å²) in [4.78, 5) is 10.1. The fourth-order valence-corrected chi connectivity index (χ4v) is 2.57. The van der Waals surface area contributed by atoms with Crippen LogP contribution >= 0.6 is 22.6 Å². The summed E-state index contributed by atoms with van der Waals surface area (Å²) >= 11 is 2.05. The Morgan fingerprint density at radius 3 is 2.59 bits per heavy atom. The van der Waals surface area contributed by atoms with E-state index in [-0.39, 0.29) is 11.4 Å². The number of phenols is 1. The molecule has 0 atom stereocenters. The Bertz CT molecular complexity index is 694. The standard InChI is InChI=1S/C14H12IN3O4/c1-22-14-12(15)6-9(7-13(14)19)8-16-17-10-2-4-11(5-3-10)18(20)21/h2-8,17,19H,1H3/b16-8+. The minimum Gasteiger partial charge on any atom is -0.504 e. The van der Waals surface area contributed by atoms with Crippen LogP contribution in [0.4, 0.5) is 11.4 Å². The number of nitro groups is 1. The van der Waals surface area contributed by atoms with E-state index in [1.54, 1.807) is 18.2 Å². The third-order valence-corrected chi connectivity index (χ3v) is 3.54. The summed E-state index contributed by atoms with van der Waals surface area (Å²) in [7, 11) is 1.49. The number of hydrogen-bond acceptors (Lipinski definition) is 6. The van der Waals surface area contributed by atoms with Crippen molar-refractivity contribution in [2.24, 2.45) is 5.10 Å². The number of phenolic OH excluding ortho intramolecular Hbond substituents is 1. The van der Waals surface area contributed by atoms with Gasteiger partial charge < -0.3 is 9.84 Å². The third-order valence-electron chi connectivity index (χ3n) is 2.74. The maximum absolute atomic E-state index is 10.5. The van der Waals surface area contributed by atoms with E-state index in [0.29, 0.717) is 17.0 Å². The monoisotopic (exact) mass is 413 g/mol. The fraction of sp³-hybridized carbons (Fsp3) is 0.0714. The topological polar surface area (TPSA) is 97.0 Å². The van der Waals surface area contributed by atoms with E-state index in [4.69, 9.17) is 4.74 Å². The number of hydrogen-bond donors (Lipinski definition) is 2. The number of methoxy groups -OCH3 is 1. The number of anilines is 1. The second-order valence-electron chi connectivity index (χ2n) is 4.23. The summed E-state index contributed by atoms with van der Waals surface area (Å²) in [5.41, 5.74) is 4.09. The summed E-state index contributed by atoms with van der Waals surface area (Å²) in [6.07, 6.45) is 1.53. The zero-order chi connectivity index (χ0) is 16.1. The summed E-state index contributed by atoms with van der Waals surface area (Å²) in [6.45, 7) is 0. The smallest absolute Gasteiger partial charge is 0.269 e. The van der Waals surface area contributed by atoms with E-state index < -0.39 is 4.92 Å². The Balaban J connectivity index is 2.08. The van der Waals surface area contributed by atoms with Crippen LogP contribution in [-0.2, 0) is 0 Å². The number of nitrogens with one attached hydrogen (secondary N) is 1. The van der Waals surface area contributed by atoms with Crippen molar-refractivity contribution in [1.29, 1.82) is 0 Å². The van der Waals surface area contributed by atoms with Crippen molar-refractivity contribution in [1.82, 2.24) is 0 Å². The van der Waals surface area contributed by atoms with Crippen LogP contribution in [0.1, 0.15) is 5.56 Å². The maximum atomic E-state index is 10.5. The van der Waals surface area contributed by atoms with Gasteiger partial charge in [0, 0.05) is 12.1 Å². The molecule has 2 rings (SSSR count). The van der Waals surface area contributed by atoms with E-state index in [1.807, 2.05) is 0 Å². The zero-order valence-electron chi connectivity index (χ0n) is 11.5. The summed E-state index contributed by atoms with van der Waals surface area (Å²) in [5.74, 6) is 0.451. The molecule has 0 fully saturated rings. The van der Waals surface area contributed by atoms with Gasteiger partial charge in [0.05, 0.1) is 27.5 Å². The molecule has 0 unspecified atom stereocenters. The highest BCUT2D eigenvalue weighted by atomic mass is 127. The highest BCUT2D eigenvalue weighted by Crippen LogP contribution is 2.32.